The van der Waals surface area contributed by atoms with E-state index in [-0.39, 0.29) is 39.3 Å². The van der Waals surface area contributed by atoms with Crippen LogP contribution >= 0.6 is 11.6 Å². The number of nitrogens with two attached hydrogens (primary N) is 1. The molecule has 0 aliphatic rings. The Morgan fingerprint density at radius 3 is 2.48 bits per heavy atom. The minimum Gasteiger partial charge on any atom is -0.450 e. The van der Waals surface area contributed by atoms with E-state index in [4.69, 9.17) is 22.1 Å². The number of aryl methyl sites for hydroxylation is 1. The third-order valence-corrected chi connectivity index (χ3v) is 5.97. The number of hydrogen-bond acceptors (Lipinski definition) is 9. The summed E-state index contributed by atoms with van der Waals surface area (Å²) in [5.41, 5.74) is 3.80. The lowest BCUT2D eigenvalue weighted by Gasteiger charge is -2.17. The van der Waals surface area contributed by atoms with Gasteiger partial charge in [0.15, 0.2) is 17.2 Å². The molecule has 4 N–H and O–H groups in total. The third-order valence-electron chi connectivity index (χ3n) is 5.61. The van der Waals surface area contributed by atoms with Crippen LogP contribution < -0.4 is 21.1 Å². The highest BCUT2D eigenvalue weighted by atomic mass is 35.5. The summed E-state index contributed by atoms with van der Waals surface area (Å²) in [5, 5.41) is 5.59. The fourth-order valence-corrected chi connectivity index (χ4v) is 3.90. The molecule has 16 heteroatoms. The molecular weight excluding hydrogens is 558 g/mol. The molecule has 1 amide bonds. The van der Waals surface area contributed by atoms with Crippen molar-refractivity contribution in [3.05, 3.63) is 64.6 Å². The van der Waals surface area contributed by atoms with Gasteiger partial charge in [0.05, 0.1) is 29.7 Å². The molecule has 3 heterocycles. The second-order valence-electron chi connectivity index (χ2n) is 8.48. The Morgan fingerprint density at radius 1 is 1.18 bits per heavy atom. The van der Waals surface area contributed by atoms with Gasteiger partial charge in [-0.15, -0.1) is 0 Å². The number of amides is 1. The van der Waals surface area contributed by atoms with E-state index >= 15 is 0 Å². The van der Waals surface area contributed by atoms with Gasteiger partial charge in [0, 0.05) is 40.1 Å². The number of hydrogen-bond donors (Lipinski definition) is 3. The van der Waals surface area contributed by atoms with Crippen molar-refractivity contribution in [2.24, 2.45) is 12.8 Å². The molecule has 0 spiro atoms. The lowest BCUT2D eigenvalue weighted by molar-refractivity contribution is -0.140. The highest BCUT2D eigenvalue weighted by molar-refractivity contribution is 6.36. The van der Waals surface area contributed by atoms with Gasteiger partial charge in [-0.25, -0.2) is 19.3 Å². The first kappa shape index (κ1) is 28.4. The molecule has 0 saturated carbocycles. The number of ether oxygens (including phenoxy) is 1. The molecule has 0 radical (unpaired) electrons. The van der Waals surface area contributed by atoms with E-state index in [2.05, 4.69) is 30.6 Å². The normalized spacial score (nSPS) is 12.0. The fraction of sp³-hybridized carbons (Fsp3) is 0.208. The predicted octanol–water partition coefficient (Wildman–Crippen LogP) is 4.39. The van der Waals surface area contributed by atoms with Crippen LogP contribution in [0.1, 0.15) is 21.6 Å². The average Bonchev–Trinajstić information content (AvgIpc) is 3.23. The van der Waals surface area contributed by atoms with Crippen LogP contribution in [0.15, 0.2) is 36.9 Å². The van der Waals surface area contributed by atoms with Gasteiger partial charge in [0.2, 0.25) is 5.95 Å². The van der Waals surface area contributed by atoms with Crippen molar-refractivity contribution < 1.29 is 27.1 Å². The predicted molar refractivity (Wildman–Crippen MR) is 141 cm³/mol. The minimum absolute atomic E-state index is 0.00708. The van der Waals surface area contributed by atoms with E-state index in [9.17, 15) is 22.4 Å². The lowest BCUT2D eigenvalue weighted by atomic mass is 10.1. The second kappa shape index (κ2) is 10.8. The number of imidazole rings is 1. The summed E-state index contributed by atoms with van der Waals surface area (Å²) in [6.45, 7) is 0. The molecule has 0 unspecified atom stereocenters. The lowest BCUT2D eigenvalue weighted by Crippen LogP contribution is -2.24. The Balaban J connectivity index is 1.72. The van der Waals surface area contributed by atoms with Gasteiger partial charge < -0.3 is 30.6 Å². The third kappa shape index (κ3) is 5.40. The van der Waals surface area contributed by atoms with Crippen molar-refractivity contribution in [2.75, 3.05) is 31.8 Å². The molecule has 4 rings (SSSR count). The molecule has 40 heavy (non-hydrogen) atoms. The Bertz CT molecular complexity index is 1620. The Morgan fingerprint density at radius 2 is 1.90 bits per heavy atom. The summed E-state index contributed by atoms with van der Waals surface area (Å²) >= 11 is 6.59. The van der Waals surface area contributed by atoms with Crippen LogP contribution in [0.2, 0.25) is 5.02 Å². The number of anilines is 3. The number of halogens is 5. The molecule has 4 aromatic rings. The van der Waals surface area contributed by atoms with Crippen LogP contribution in [0, 0.1) is 5.82 Å². The zero-order valence-electron chi connectivity index (χ0n) is 21.4. The van der Waals surface area contributed by atoms with E-state index in [0.717, 1.165) is 11.0 Å². The van der Waals surface area contributed by atoms with Crippen LogP contribution in [0.4, 0.5) is 35.0 Å². The molecule has 0 aliphatic carbocycles. The van der Waals surface area contributed by atoms with Crippen LogP contribution in [0.3, 0.4) is 0 Å². The standard InChI is InChI=1S/C24H22ClF4N9O2/c1-31-17-10-32-14(8-33-17)15(7-30)40-16-9-34-21-20(18(16)25)38(4)23(36-21)35-11-5-12(22(39)37(2)3)19(26)13(6-11)24(27,28)29/h5-10H,30H2,1-4H3,(H,31,33)(H,34,35,36). The first-order valence-corrected chi connectivity index (χ1v) is 11.7. The summed E-state index contributed by atoms with van der Waals surface area (Å²) in [6, 6.07) is 1.51. The van der Waals surface area contributed by atoms with Gasteiger partial charge in [0.25, 0.3) is 5.91 Å². The highest BCUT2D eigenvalue weighted by Crippen LogP contribution is 2.37. The number of nitrogens with zero attached hydrogens (tertiary/aromatic N) is 6. The monoisotopic (exact) mass is 579 g/mol. The summed E-state index contributed by atoms with van der Waals surface area (Å²) in [5.74, 6) is -1.88. The van der Waals surface area contributed by atoms with Crippen molar-refractivity contribution in [1.82, 2.24) is 29.4 Å². The summed E-state index contributed by atoms with van der Waals surface area (Å²) in [6.07, 6.45) is 0.302. The zero-order chi connectivity index (χ0) is 29.4. The molecule has 3 aromatic heterocycles. The number of pyridine rings is 1. The Labute approximate surface area is 229 Å². The van der Waals surface area contributed by atoms with E-state index in [1.54, 1.807) is 7.05 Å². The van der Waals surface area contributed by atoms with E-state index in [0.29, 0.717) is 17.6 Å². The molecular formula is C24H22ClF4N9O2. The van der Waals surface area contributed by atoms with Gasteiger partial charge >= 0.3 is 6.18 Å². The van der Waals surface area contributed by atoms with Gasteiger partial charge in [0.1, 0.15) is 27.9 Å². The average molecular weight is 580 g/mol. The molecule has 0 saturated heterocycles. The number of carbonyl (C=O) groups is 1. The van der Waals surface area contributed by atoms with Crippen LogP contribution in [-0.4, -0.2) is 56.5 Å². The number of carbonyl (C=O) groups excluding carboxylic acids is 1. The molecule has 11 nitrogen and oxygen atoms in total. The number of rotatable bonds is 7. The summed E-state index contributed by atoms with van der Waals surface area (Å²) in [4.78, 5) is 30.2. The van der Waals surface area contributed by atoms with Crippen LogP contribution in [0.5, 0.6) is 5.75 Å². The Kier molecular flexibility index (Phi) is 7.68. The van der Waals surface area contributed by atoms with E-state index in [1.807, 2.05) is 0 Å². The zero-order valence-corrected chi connectivity index (χ0v) is 22.2. The van der Waals surface area contributed by atoms with Crippen molar-refractivity contribution in [1.29, 1.82) is 0 Å². The van der Waals surface area contributed by atoms with Gasteiger partial charge in [-0.05, 0) is 12.1 Å². The SMILES string of the molecule is CNc1cnc(C(=CN)Oc2cnc3nc(Nc4cc(C(=O)N(C)C)c(F)c(C(F)(F)F)c4)n(C)c3c2Cl)cn1. The van der Waals surface area contributed by atoms with Gasteiger partial charge in [-0.1, -0.05) is 11.6 Å². The number of aromatic nitrogens is 5. The van der Waals surface area contributed by atoms with E-state index < -0.39 is 29.0 Å². The minimum atomic E-state index is -5.06. The van der Waals surface area contributed by atoms with Gasteiger partial charge in [-0.2, -0.15) is 18.2 Å². The van der Waals surface area contributed by atoms with Crippen molar-refractivity contribution in [2.45, 2.75) is 6.18 Å². The number of alkyl halides is 3. The van der Waals surface area contributed by atoms with Crippen LogP contribution in [0.25, 0.3) is 16.9 Å². The summed E-state index contributed by atoms with van der Waals surface area (Å²) < 4.78 is 62.6. The summed E-state index contributed by atoms with van der Waals surface area (Å²) in [7, 11) is 5.80. The molecule has 210 valence electrons. The first-order valence-electron chi connectivity index (χ1n) is 11.4. The molecule has 0 aliphatic heterocycles. The van der Waals surface area contributed by atoms with Crippen LogP contribution in [-0.2, 0) is 13.2 Å². The maximum absolute atomic E-state index is 14.7. The quantitative estimate of drug-likeness (QED) is 0.215. The topological polar surface area (TPSA) is 136 Å². The molecule has 0 bridgehead atoms. The second-order valence-corrected chi connectivity index (χ2v) is 8.86. The number of fused-ring (bicyclic) bond motifs is 1. The first-order chi connectivity index (χ1) is 18.8. The van der Waals surface area contributed by atoms with E-state index in [1.165, 1.54) is 50.5 Å². The van der Waals surface area contributed by atoms with Crippen molar-refractivity contribution in [3.63, 3.8) is 0 Å². The molecule has 0 fully saturated rings. The molecule has 1 aromatic carbocycles. The maximum Gasteiger partial charge on any atom is 0.419 e. The number of benzene rings is 1. The molecule has 0 atom stereocenters. The highest BCUT2D eigenvalue weighted by Gasteiger charge is 2.37. The largest absolute Gasteiger partial charge is 0.450 e. The maximum atomic E-state index is 14.7. The number of nitrogens with one attached hydrogen (secondary N) is 2. The van der Waals surface area contributed by atoms with Gasteiger partial charge in [-0.3, -0.25) is 4.79 Å². The van der Waals surface area contributed by atoms with Crippen molar-refractivity contribution in [3.8, 4) is 5.75 Å². The van der Waals surface area contributed by atoms with Crippen molar-refractivity contribution >= 4 is 51.9 Å². The smallest absolute Gasteiger partial charge is 0.419 e. The Hall–Kier alpha value is -4.66. The fourth-order valence-electron chi connectivity index (χ4n) is 3.60.